The molecular formula is C14H23N. The molecule has 1 heterocycles. The van der Waals surface area contributed by atoms with Gasteiger partial charge in [-0.3, -0.25) is 4.98 Å². The number of hydrogen-bond donors (Lipinski definition) is 0. The van der Waals surface area contributed by atoms with Crippen molar-refractivity contribution in [1.29, 1.82) is 0 Å². The Bertz CT molecular complexity index is 317. The van der Waals surface area contributed by atoms with E-state index in [1.54, 1.807) is 0 Å². The van der Waals surface area contributed by atoms with Crippen LogP contribution in [0.25, 0.3) is 12.2 Å². The zero-order chi connectivity index (χ0) is 11.5. The molecular weight excluding hydrogens is 182 g/mol. The van der Waals surface area contributed by atoms with Crippen molar-refractivity contribution in [3.05, 3.63) is 28.9 Å². The second kappa shape index (κ2) is 9.45. The van der Waals surface area contributed by atoms with E-state index < -0.39 is 0 Å². The third-order valence-corrected chi connectivity index (χ3v) is 1.78. The highest BCUT2D eigenvalue weighted by molar-refractivity contribution is 5.36. The van der Waals surface area contributed by atoms with Crippen molar-refractivity contribution in [2.45, 2.75) is 47.0 Å². The molecule has 0 atom stereocenters. The van der Waals surface area contributed by atoms with Crippen molar-refractivity contribution in [1.82, 2.24) is 4.98 Å². The molecule has 0 aliphatic heterocycles. The number of pyridine rings is 1. The van der Waals surface area contributed by atoms with Gasteiger partial charge in [0.25, 0.3) is 0 Å². The maximum Gasteiger partial charge on any atom is 0.0343 e. The lowest BCUT2D eigenvalue weighted by atomic mass is 10.1. The molecule has 0 unspecified atom stereocenters. The van der Waals surface area contributed by atoms with E-state index in [-0.39, 0.29) is 0 Å². The minimum Gasteiger partial charge on any atom is -0.264 e. The van der Waals surface area contributed by atoms with Gasteiger partial charge in [-0.25, -0.2) is 0 Å². The van der Waals surface area contributed by atoms with Gasteiger partial charge in [0.1, 0.15) is 0 Å². The molecule has 0 amide bonds. The first-order valence-corrected chi connectivity index (χ1v) is 5.99. The van der Waals surface area contributed by atoms with Crippen molar-refractivity contribution in [2.75, 3.05) is 0 Å². The van der Waals surface area contributed by atoms with Crippen molar-refractivity contribution in [3.63, 3.8) is 0 Å². The normalized spacial score (nSPS) is 11.5. The predicted octanol–water partition coefficient (Wildman–Crippen LogP) is 2.88. The van der Waals surface area contributed by atoms with Crippen molar-refractivity contribution in [2.24, 2.45) is 0 Å². The molecule has 0 aromatic carbocycles. The number of rotatable bonds is 0. The highest BCUT2D eigenvalue weighted by Gasteiger charge is 1.89. The van der Waals surface area contributed by atoms with Crippen LogP contribution in [0.1, 0.15) is 47.0 Å². The molecule has 0 saturated heterocycles. The SMILES string of the molecule is C1=c2ccncc2=CCC1.CC.CCC. The fourth-order valence-electron chi connectivity index (χ4n) is 1.25. The van der Waals surface area contributed by atoms with E-state index in [0.717, 1.165) is 0 Å². The van der Waals surface area contributed by atoms with Crippen molar-refractivity contribution in [3.8, 4) is 0 Å². The molecule has 1 aliphatic rings. The van der Waals surface area contributed by atoms with Gasteiger partial charge in [0, 0.05) is 12.4 Å². The minimum absolute atomic E-state index is 1.17. The van der Waals surface area contributed by atoms with Crippen LogP contribution in [0.15, 0.2) is 18.5 Å². The molecule has 0 bridgehead atoms. The van der Waals surface area contributed by atoms with E-state index in [9.17, 15) is 0 Å². The average Bonchev–Trinajstić information content (AvgIpc) is 2.33. The molecule has 2 rings (SSSR count). The fourth-order valence-corrected chi connectivity index (χ4v) is 1.25. The summed E-state index contributed by atoms with van der Waals surface area (Å²) in [6.07, 6.45) is 11.9. The highest BCUT2D eigenvalue weighted by Crippen LogP contribution is 1.92. The summed E-state index contributed by atoms with van der Waals surface area (Å²) in [5, 5.41) is 2.62. The van der Waals surface area contributed by atoms with E-state index in [4.69, 9.17) is 0 Å². The lowest BCUT2D eigenvalue weighted by Crippen LogP contribution is -2.26. The van der Waals surface area contributed by atoms with Gasteiger partial charge < -0.3 is 0 Å². The Hall–Kier alpha value is -1.11. The molecule has 0 fully saturated rings. The monoisotopic (exact) mass is 205 g/mol. The first-order chi connectivity index (χ1) is 7.38. The summed E-state index contributed by atoms with van der Waals surface area (Å²) < 4.78 is 0. The quantitative estimate of drug-likeness (QED) is 0.634. The second-order valence-corrected chi connectivity index (χ2v) is 3.20. The molecule has 1 heteroatoms. The Morgan fingerprint density at radius 3 is 2.13 bits per heavy atom. The van der Waals surface area contributed by atoms with Gasteiger partial charge in [0.15, 0.2) is 0 Å². The Kier molecular flexibility index (Phi) is 8.75. The Balaban J connectivity index is 0.000000342. The van der Waals surface area contributed by atoms with Crippen LogP contribution in [0.5, 0.6) is 0 Å². The van der Waals surface area contributed by atoms with E-state index in [0.29, 0.717) is 0 Å². The zero-order valence-corrected chi connectivity index (χ0v) is 10.5. The van der Waals surface area contributed by atoms with Crippen LogP contribution in [0.4, 0.5) is 0 Å². The molecule has 0 N–H and O–H groups in total. The lowest BCUT2D eigenvalue weighted by Gasteiger charge is -1.96. The van der Waals surface area contributed by atoms with Crippen LogP contribution < -0.4 is 10.4 Å². The second-order valence-electron chi connectivity index (χ2n) is 3.20. The maximum atomic E-state index is 4.05. The van der Waals surface area contributed by atoms with E-state index in [1.165, 1.54) is 29.7 Å². The number of nitrogens with zero attached hydrogens (tertiary/aromatic N) is 1. The van der Waals surface area contributed by atoms with Crippen LogP contribution in [0.3, 0.4) is 0 Å². The zero-order valence-electron chi connectivity index (χ0n) is 10.5. The van der Waals surface area contributed by atoms with E-state index >= 15 is 0 Å². The maximum absolute atomic E-state index is 4.05. The average molecular weight is 205 g/mol. The summed E-state index contributed by atoms with van der Waals surface area (Å²) in [6.45, 7) is 8.25. The predicted molar refractivity (Wildman–Crippen MR) is 69.0 cm³/mol. The summed E-state index contributed by atoms with van der Waals surface area (Å²) in [4.78, 5) is 4.05. The molecule has 15 heavy (non-hydrogen) atoms. The standard InChI is InChI=1S/C9H9N.C3H8.C2H6/c1-2-4-9-7-10-6-5-8(9)3-1;1-3-2;1-2/h3-7H,1-2H2;3H2,1-2H3;1-2H3. The number of fused-ring (bicyclic) bond motifs is 1. The molecule has 0 saturated carbocycles. The summed E-state index contributed by atoms with van der Waals surface area (Å²) in [6, 6.07) is 2.06. The molecule has 1 aliphatic carbocycles. The molecule has 0 radical (unpaired) electrons. The minimum atomic E-state index is 1.17. The smallest absolute Gasteiger partial charge is 0.0343 e. The van der Waals surface area contributed by atoms with Gasteiger partial charge in [0.2, 0.25) is 0 Å². The van der Waals surface area contributed by atoms with Gasteiger partial charge in [-0.15, -0.1) is 0 Å². The summed E-state index contributed by atoms with van der Waals surface area (Å²) in [5.41, 5.74) is 0. The van der Waals surface area contributed by atoms with Gasteiger partial charge >= 0.3 is 0 Å². The molecule has 1 aromatic rings. The number of aromatic nitrogens is 1. The summed E-state index contributed by atoms with van der Waals surface area (Å²) >= 11 is 0. The Morgan fingerprint density at radius 2 is 1.60 bits per heavy atom. The largest absolute Gasteiger partial charge is 0.264 e. The molecule has 1 nitrogen and oxygen atoms in total. The summed E-state index contributed by atoms with van der Waals surface area (Å²) in [7, 11) is 0. The fraction of sp³-hybridized carbons (Fsp3) is 0.500. The molecule has 0 spiro atoms. The van der Waals surface area contributed by atoms with Gasteiger partial charge in [-0.05, 0) is 29.3 Å². The van der Waals surface area contributed by atoms with Crippen LogP contribution in [0, 0.1) is 0 Å². The lowest BCUT2D eigenvalue weighted by molar-refractivity contribution is 1.09. The van der Waals surface area contributed by atoms with Crippen LogP contribution >= 0.6 is 0 Å². The van der Waals surface area contributed by atoms with Crippen molar-refractivity contribution < 1.29 is 0 Å². The Labute approximate surface area is 93.6 Å². The van der Waals surface area contributed by atoms with Crippen LogP contribution in [-0.2, 0) is 0 Å². The van der Waals surface area contributed by atoms with Gasteiger partial charge in [-0.1, -0.05) is 46.3 Å². The summed E-state index contributed by atoms with van der Waals surface area (Å²) in [5.74, 6) is 0. The van der Waals surface area contributed by atoms with Crippen LogP contribution in [0.2, 0.25) is 0 Å². The third kappa shape index (κ3) is 5.36. The number of hydrogen-bond acceptors (Lipinski definition) is 1. The third-order valence-electron chi connectivity index (χ3n) is 1.78. The Morgan fingerprint density at radius 1 is 1.07 bits per heavy atom. The van der Waals surface area contributed by atoms with Crippen LogP contribution in [-0.4, -0.2) is 4.98 Å². The van der Waals surface area contributed by atoms with Crippen molar-refractivity contribution >= 4 is 12.2 Å². The first kappa shape index (κ1) is 13.9. The highest BCUT2D eigenvalue weighted by atomic mass is 14.6. The molecule has 84 valence electrons. The topological polar surface area (TPSA) is 12.9 Å². The van der Waals surface area contributed by atoms with Gasteiger partial charge in [-0.2, -0.15) is 0 Å². The first-order valence-electron chi connectivity index (χ1n) is 5.99. The van der Waals surface area contributed by atoms with E-state index in [2.05, 4.69) is 37.0 Å². The van der Waals surface area contributed by atoms with E-state index in [1.807, 2.05) is 26.2 Å². The van der Waals surface area contributed by atoms with Gasteiger partial charge in [0.05, 0.1) is 0 Å². The molecule has 1 aromatic heterocycles.